The van der Waals surface area contributed by atoms with Crippen LogP contribution in [0.15, 0.2) is 30.3 Å². The molecule has 2 aliphatic rings. The molecule has 0 radical (unpaired) electrons. The highest BCUT2D eigenvalue weighted by molar-refractivity contribution is 5.18. The lowest BCUT2D eigenvalue weighted by molar-refractivity contribution is -0.837. The second kappa shape index (κ2) is 4.11. The lowest BCUT2D eigenvalue weighted by atomic mass is 10.1. The molecule has 2 aliphatic heterocycles. The van der Waals surface area contributed by atoms with Crippen molar-refractivity contribution in [1.29, 1.82) is 0 Å². The smallest absolute Gasteiger partial charge is 0.142 e. The average molecular weight is 232 g/mol. The Bertz CT molecular complexity index is 391. The molecule has 0 bridgehead atoms. The van der Waals surface area contributed by atoms with E-state index in [0.29, 0.717) is 12.1 Å². The quantitative estimate of drug-likeness (QED) is 0.573. The normalized spacial score (nSPS) is 36.6. The van der Waals surface area contributed by atoms with Gasteiger partial charge >= 0.3 is 0 Å². The summed E-state index contributed by atoms with van der Waals surface area (Å²) in [4.78, 5) is 0. The number of rotatable bonds is 4. The second-order valence-corrected chi connectivity index (χ2v) is 5.52. The molecule has 17 heavy (non-hydrogen) atoms. The van der Waals surface area contributed by atoms with Crippen LogP contribution in [-0.2, 0) is 4.74 Å². The molecule has 4 atom stereocenters. The van der Waals surface area contributed by atoms with Crippen LogP contribution in [0.3, 0.4) is 0 Å². The Hall–Kier alpha value is -0.860. The van der Waals surface area contributed by atoms with Gasteiger partial charge in [0.1, 0.15) is 31.3 Å². The summed E-state index contributed by atoms with van der Waals surface area (Å²) in [6, 6.07) is 12.4. The first-order chi connectivity index (χ1) is 8.26. The van der Waals surface area contributed by atoms with Crippen molar-refractivity contribution >= 4 is 0 Å². The molecule has 92 valence electrons. The second-order valence-electron chi connectivity index (χ2n) is 5.52. The number of ether oxygens (including phenoxy) is 1. The van der Waals surface area contributed by atoms with Crippen LogP contribution in [0.5, 0.6) is 0 Å². The molecule has 2 heterocycles. The zero-order valence-electron chi connectivity index (χ0n) is 10.8. The molecule has 0 spiro atoms. The summed E-state index contributed by atoms with van der Waals surface area (Å²) in [6.45, 7) is 7.92. The molecular weight excluding hydrogens is 210 g/mol. The largest absolute Gasteiger partial charge is 0.372 e. The van der Waals surface area contributed by atoms with Crippen LogP contribution in [0.25, 0.3) is 0 Å². The number of quaternary nitrogens is 1. The SMILES string of the molecule is CCO[C@@H]1C[C@@H]2C[N@+]2([C@H](C)c2ccccc2)C1. The summed E-state index contributed by atoms with van der Waals surface area (Å²) in [5.41, 5.74) is 1.48. The molecule has 0 aromatic heterocycles. The first kappa shape index (κ1) is 11.2. The first-order valence-electron chi connectivity index (χ1n) is 6.79. The molecule has 3 rings (SSSR count). The van der Waals surface area contributed by atoms with E-state index in [9.17, 15) is 0 Å². The van der Waals surface area contributed by atoms with Gasteiger partial charge in [0.15, 0.2) is 0 Å². The fourth-order valence-corrected chi connectivity index (χ4v) is 3.63. The van der Waals surface area contributed by atoms with Gasteiger partial charge in [0, 0.05) is 18.6 Å². The minimum Gasteiger partial charge on any atom is -0.372 e. The van der Waals surface area contributed by atoms with Crippen molar-refractivity contribution in [3.05, 3.63) is 35.9 Å². The minimum absolute atomic E-state index is 0.505. The maximum atomic E-state index is 5.80. The highest BCUT2D eigenvalue weighted by Crippen LogP contribution is 2.50. The van der Waals surface area contributed by atoms with Gasteiger partial charge in [-0.1, -0.05) is 30.3 Å². The summed E-state index contributed by atoms with van der Waals surface area (Å²) < 4.78 is 7.07. The van der Waals surface area contributed by atoms with Gasteiger partial charge in [-0.2, -0.15) is 0 Å². The molecule has 1 aromatic carbocycles. The number of fused-ring (bicyclic) bond motifs is 1. The van der Waals surface area contributed by atoms with Crippen LogP contribution >= 0.6 is 0 Å². The van der Waals surface area contributed by atoms with E-state index < -0.39 is 0 Å². The molecule has 2 saturated heterocycles. The number of hydrogen-bond acceptors (Lipinski definition) is 1. The van der Waals surface area contributed by atoms with Gasteiger partial charge in [0.2, 0.25) is 0 Å². The molecule has 2 nitrogen and oxygen atoms in total. The van der Waals surface area contributed by atoms with Crippen LogP contribution in [0.1, 0.15) is 31.9 Å². The lowest BCUT2D eigenvalue weighted by Crippen LogP contribution is -2.33. The number of piperidine rings is 1. The number of benzene rings is 1. The molecule has 0 N–H and O–H groups in total. The van der Waals surface area contributed by atoms with Gasteiger partial charge in [-0.25, -0.2) is 0 Å². The summed E-state index contributed by atoms with van der Waals surface area (Å²) >= 11 is 0. The van der Waals surface area contributed by atoms with E-state index in [4.69, 9.17) is 4.74 Å². The highest BCUT2D eigenvalue weighted by atomic mass is 16.5. The topological polar surface area (TPSA) is 9.23 Å². The predicted octanol–water partition coefficient (Wildman–Crippen LogP) is 2.76. The maximum Gasteiger partial charge on any atom is 0.142 e. The van der Waals surface area contributed by atoms with Crippen molar-refractivity contribution in [3.8, 4) is 0 Å². The number of nitrogens with zero attached hydrogens (tertiary/aromatic N) is 1. The van der Waals surface area contributed by atoms with E-state index in [2.05, 4.69) is 44.2 Å². The minimum atomic E-state index is 0.505. The molecule has 2 heteroatoms. The van der Waals surface area contributed by atoms with Crippen LogP contribution in [-0.4, -0.2) is 36.3 Å². The molecule has 2 fully saturated rings. The van der Waals surface area contributed by atoms with Gasteiger partial charge in [-0.3, -0.25) is 0 Å². The standard InChI is InChI=1S/C15H22NO/c1-3-17-15-9-14-10-16(14,11-15)12(2)13-7-5-4-6-8-13/h4-8,12,14-15H,3,9-11H2,1-2H3/q+1/t12-,14-,15-,16-/m1/s1. The van der Waals surface area contributed by atoms with E-state index in [-0.39, 0.29) is 0 Å². The zero-order chi connectivity index (χ0) is 11.9. The Morgan fingerprint density at radius 3 is 2.76 bits per heavy atom. The third-order valence-corrected chi connectivity index (χ3v) is 4.68. The predicted molar refractivity (Wildman–Crippen MR) is 68.7 cm³/mol. The first-order valence-corrected chi connectivity index (χ1v) is 6.79. The fraction of sp³-hybridized carbons (Fsp3) is 0.600. The van der Waals surface area contributed by atoms with Crippen LogP contribution in [0.4, 0.5) is 0 Å². The van der Waals surface area contributed by atoms with Gasteiger partial charge in [-0.05, 0) is 13.8 Å². The van der Waals surface area contributed by atoms with Gasteiger partial charge in [-0.15, -0.1) is 0 Å². The van der Waals surface area contributed by atoms with Gasteiger partial charge in [0.05, 0.1) is 0 Å². The number of hydrogen-bond donors (Lipinski definition) is 0. The summed E-state index contributed by atoms with van der Waals surface area (Å²) in [7, 11) is 0. The molecule has 1 aromatic rings. The van der Waals surface area contributed by atoms with E-state index >= 15 is 0 Å². The van der Waals surface area contributed by atoms with Gasteiger partial charge < -0.3 is 9.22 Å². The maximum absolute atomic E-state index is 5.80. The molecular formula is C15H22NO+. The summed E-state index contributed by atoms with van der Waals surface area (Å²) in [6.07, 6.45) is 1.77. The zero-order valence-corrected chi connectivity index (χ0v) is 10.8. The average Bonchev–Trinajstić information content (AvgIpc) is 2.94. The Kier molecular flexibility index (Phi) is 2.72. The lowest BCUT2D eigenvalue weighted by Gasteiger charge is -2.26. The van der Waals surface area contributed by atoms with E-state index in [1.54, 1.807) is 0 Å². The summed E-state index contributed by atoms with van der Waals surface area (Å²) in [5, 5.41) is 0. The third kappa shape index (κ3) is 1.80. The van der Waals surface area contributed by atoms with Crippen LogP contribution in [0.2, 0.25) is 0 Å². The van der Waals surface area contributed by atoms with E-state index in [1.807, 2.05) is 0 Å². The van der Waals surface area contributed by atoms with Crippen molar-refractivity contribution in [2.45, 2.75) is 38.5 Å². The summed E-state index contributed by atoms with van der Waals surface area (Å²) in [5.74, 6) is 0. The molecule has 0 amide bonds. The van der Waals surface area contributed by atoms with Gasteiger partial charge in [0.25, 0.3) is 0 Å². The Labute approximate surface area is 104 Å². The monoisotopic (exact) mass is 232 g/mol. The highest BCUT2D eigenvalue weighted by Gasteiger charge is 2.64. The van der Waals surface area contributed by atoms with Crippen LogP contribution < -0.4 is 0 Å². The van der Waals surface area contributed by atoms with Crippen molar-refractivity contribution in [1.82, 2.24) is 0 Å². The Morgan fingerprint density at radius 2 is 2.06 bits per heavy atom. The van der Waals surface area contributed by atoms with Crippen molar-refractivity contribution in [2.75, 3.05) is 19.7 Å². The van der Waals surface area contributed by atoms with E-state index in [1.165, 1.54) is 29.6 Å². The van der Waals surface area contributed by atoms with Crippen molar-refractivity contribution in [2.24, 2.45) is 0 Å². The molecule has 0 unspecified atom stereocenters. The van der Waals surface area contributed by atoms with Crippen molar-refractivity contribution in [3.63, 3.8) is 0 Å². The Balaban J connectivity index is 1.74. The van der Waals surface area contributed by atoms with Crippen LogP contribution in [0, 0.1) is 0 Å². The Morgan fingerprint density at radius 1 is 1.29 bits per heavy atom. The van der Waals surface area contributed by atoms with E-state index in [0.717, 1.165) is 12.6 Å². The molecule has 0 saturated carbocycles. The third-order valence-electron chi connectivity index (χ3n) is 4.68. The fourth-order valence-electron chi connectivity index (χ4n) is 3.63. The molecule has 0 aliphatic carbocycles. The van der Waals surface area contributed by atoms with Crippen molar-refractivity contribution < 1.29 is 9.22 Å².